The van der Waals surface area contributed by atoms with E-state index in [2.05, 4.69) is 5.32 Å². The van der Waals surface area contributed by atoms with E-state index in [-0.39, 0.29) is 30.4 Å². The molecule has 2 heterocycles. The molecule has 0 saturated carbocycles. The number of nitrogens with one attached hydrogen (secondary N) is 1. The normalized spacial score (nSPS) is 19.2. The monoisotopic (exact) mass is 335 g/mol. The number of rotatable bonds is 3. The van der Waals surface area contributed by atoms with Crippen LogP contribution in [0.2, 0.25) is 5.02 Å². The van der Waals surface area contributed by atoms with Crippen LogP contribution in [-0.2, 0) is 16.0 Å². The molecule has 1 N–H and O–H groups in total. The van der Waals surface area contributed by atoms with E-state index in [9.17, 15) is 14.4 Å². The average molecular weight is 336 g/mol. The smallest absolute Gasteiger partial charge is 0.324 e. The molecule has 23 heavy (non-hydrogen) atoms. The van der Waals surface area contributed by atoms with Crippen LogP contribution in [0.4, 0.5) is 4.79 Å². The van der Waals surface area contributed by atoms with Gasteiger partial charge in [0.15, 0.2) is 0 Å². The van der Waals surface area contributed by atoms with Crippen LogP contribution in [0.3, 0.4) is 0 Å². The lowest BCUT2D eigenvalue weighted by Gasteiger charge is -2.35. The molecular weight excluding hydrogens is 318 g/mol. The standard InChI is InChI=1S/C16H18ClN3O3/c17-12-3-1-11(2-4-12)9-14(21)19-7-5-13(6-8-19)20-15(22)10-18-16(20)23/h1-4,13H,5-10H2,(H,18,23). The molecule has 3 rings (SSSR count). The molecule has 0 bridgehead atoms. The van der Waals surface area contributed by atoms with Gasteiger partial charge in [-0.25, -0.2) is 4.79 Å². The molecule has 2 saturated heterocycles. The second-order valence-electron chi connectivity index (χ2n) is 5.84. The summed E-state index contributed by atoms with van der Waals surface area (Å²) in [7, 11) is 0. The molecular formula is C16H18ClN3O3. The number of nitrogens with zero attached hydrogens (tertiary/aromatic N) is 2. The molecule has 0 unspecified atom stereocenters. The molecule has 122 valence electrons. The lowest BCUT2D eigenvalue weighted by atomic mass is 10.0. The highest BCUT2D eigenvalue weighted by Crippen LogP contribution is 2.20. The van der Waals surface area contributed by atoms with Crippen LogP contribution in [0, 0.1) is 0 Å². The Morgan fingerprint density at radius 2 is 1.83 bits per heavy atom. The predicted molar refractivity (Wildman–Crippen MR) is 85.0 cm³/mol. The van der Waals surface area contributed by atoms with Crippen molar-refractivity contribution in [1.29, 1.82) is 0 Å². The molecule has 0 atom stereocenters. The van der Waals surface area contributed by atoms with Crippen molar-refractivity contribution in [3.63, 3.8) is 0 Å². The van der Waals surface area contributed by atoms with E-state index in [0.717, 1.165) is 5.56 Å². The molecule has 6 nitrogen and oxygen atoms in total. The van der Waals surface area contributed by atoms with Crippen molar-refractivity contribution < 1.29 is 14.4 Å². The van der Waals surface area contributed by atoms with Crippen LogP contribution < -0.4 is 5.32 Å². The number of carbonyl (C=O) groups is 3. The lowest BCUT2D eigenvalue weighted by molar-refractivity contribution is -0.132. The molecule has 1 aromatic carbocycles. The van der Waals surface area contributed by atoms with Crippen LogP contribution in [-0.4, -0.2) is 53.3 Å². The maximum atomic E-state index is 12.3. The molecule has 0 radical (unpaired) electrons. The predicted octanol–water partition coefficient (Wildman–Crippen LogP) is 1.43. The first-order valence-corrected chi connectivity index (χ1v) is 8.04. The summed E-state index contributed by atoms with van der Waals surface area (Å²) in [6.45, 7) is 1.21. The van der Waals surface area contributed by atoms with Gasteiger partial charge < -0.3 is 10.2 Å². The Kier molecular flexibility index (Phi) is 4.52. The van der Waals surface area contributed by atoms with Crippen LogP contribution >= 0.6 is 11.6 Å². The number of halogens is 1. The minimum Gasteiger partial charge on any atom is -0.342 e. The highest BCUT2D eigenvalue weighted by Gasteiger charge is 2.37. The van der Waals surface area contributed by atoms with Gasteiger partial charge in [-0.05, 0) is 30.5 Å². The fourth-order valence-corrected chi connectivity index (χ4v) is 3.19. The van der Waals surface area contributed by atoms with Crippen LogP contribution in [0.15, 0.2) is 24.3 Å². The first kappa shape index (κ1) is 15.8. The van der Waals surface area contributed by atoms with Gasteiger partial charge in [-0.15, -0.1) is 0 Å². The summed E-state index contributed by atoms with van der Waals surface area (Å²) in [6, 6.07) is 6.81. The van der Waals surface area contributed by atoms with E-state index in [4.69, 9.17) is 11.6 Å². The number of hydrogen-bond donors (Lipinski definition) is 1. The minimum atomic E-state index is -0.319. The summed E-state index contributed by atoms with van der Waals surface area (Å²) < 4.78 is 0. The largest absolute Gasteiger partial charge is 0.342 e. The van der Waals surface area contributed by atoms with Gasteiger partial charge in [0.05, 0.1) is 13.0 Å². The van der Waals surface area contributed by atoms with Gasteiger partial charge in [-0.2, -0.15) is 0 Å². The zero-order valence-electron chi connectivity index (χ0n) is 12.6. The number of hydrogen-bond acceptors (Lipinski definition) is 3. The highest BCUT2D eigenvalue weighted by atomic mass is 35.5. The molecule has 0 aromatic heterocycles. The zero-order chi connectivity index (χ0) is 16.4. The Labute approximate surface area is 139 Å². The second kappa shape index (κ2) is 6.58. The van der Waals surface area contributed by atoms with Gasteiger partial charge >= 0.3 is 6.03 Å². The van der Waals surface area contributed by atoms with Gasteiger partial charge in [0.1, 0.15) is 0 Å². The summed E-state index contributed by atoms with van der Waals surface area (Å²) in [4.78, 5) is 38.8. The van der Waals surface area contributed by atoms with E-state index < -0.39 is 0 Å². The molecule has 2 aliphatic heterocycles. The third-order valence-electron chi connectivity index (χ3n) is 4.33. The maximum absolute atomic E-state index is 12.3. The third-order valence-corrected chi connectivity index (χ3v) is 4.58. The quantitative estimate of drug-likeness (QED) is 0.849. The molecule has 4 amide bonds. The number of likely N-dealkylation sites (tertiary alicyclic amines) is 1. The van der Waals surface area contributed by atoms with E-state index >= 15 is 0 Å². The van der Waals surface area contributed by atoms with Gasteiger partial charge in [-0.3, -0.25) is 14.5 Å². The van der Waals surface area contributed by atoms with Crippen LogP contribution in [0.1, 0.15) is 18.4 Å². The summed E-state index contributed by atoms with van der Waals surface area (Å²) in [5.74, 6) is -0.121. The van der Waals surface area contributed by atoms with Crippen molar-refractivity contribution in [3.8, 4) is 0 Å². The van der Waals surface area contributed by atoms with E-state index in [1.54, 1.807) is 17.0 Å². The van der Waals surface area contributed by atoms with Gasteiger partial charge in [-0.1, -0.05) is 23.7 Å². The number of piperidine rings is 1. The van der Waals surface area contributed by atoms with Gasteiger partial charge in [0.25, 0.3) is 0 Å². The first-order valence-electron chi connectivity index (χ1n) is 7.66. The second-order valence-corrected chi connectivity index (χ2v) is 6.27. The molecule has 0 aliphatic carbocycles. The van der Waals surface area contributed by atoms with Crippen molar-refractivity contribution >= 4 is 29.4 Å². The lowest BCUT2D eigenvalue weighted by Crippen LogP contribution is -2.49. The minimum absolute atomic E-state index is 0.0583. The summed E-state index contributed by atoms with van der Waals surface area (Å²) in [5, 5.41) is 3.18. The third kappa shape index (κ3) is 3.47. The maximum Gasteiger partial charge on any atom is 0.324 e. The summed E-state index contributed by atoms with van der Waals surface area (Å²) in [5.41, 5.74) is 0.927. The molecule has 7 heteroatoms. The van der Waals surface area contributed by atoms with Crippen molar-refractivity contribution in [3.05, 3.63) is 34.9 Å². The van der Waals surface area contributed by atoms with Gasteiger partial charge in [0.2, 0.25) is 11.8 Å². The molecule has 1 aromatic rings. The fraction of sp³-hybridized carbons (Fsp3) is 0.438. The topological polar surface area (TPSA) is 69.7 Å². The Morgan fingerprint density at radius 3 is 2.39 bits per heavy atom. The van der Waals surface area contributed by atoms with Gasteiger partial charge in [0, 0.05) is 24.2 Å². The Balaban J connectivity index is 1.54. The highest BCUT2D eigenvalue weighted by molar-refractivity contribution is 6.30. The van der Waals surface area contributed by atoms with E-state index in [0.29, 0.717) is 37.4 Å². The Bertz CT molecular complexity index is 608. The van der Waals surface area contributed by atoms with Crippen LogP contribution in [0.25, 0.3) is 0 Å². The van der Waals surface area contributed by atoms with Crippen LogP contribution in [0.5, 0.6) is 0 Å². The van der Waals surface area contributed by atoms with Crippen molar-refractivity contribution in [2.24, 2.45) is 0 Å². The van der Waals surface area contributed by atoms with E-state index in [1.807, 2.05) is 12.1 Å². The summed E-state index contributed by atoms with van der Waals surface area (Å²) in [6.07, 6.45) is 1.60. The SMILES string of the molecule is O=C(Cc1ccc(Cl)cc1)N1CCC(N2C(=O)CNC2=O)CC1. The van der Waals surface area contributed by atoms with Crippen molar-refractivity contribution in [1.82, 2.24) is 15.1 Å². The van der Waals surface area contributed by atoms with Crippen molar-refractivity contribution in [2.45, 2.75) is 25.3 Å². The fourth-order valence-electron chi connectivity index (χ4n) is 3.07. The first-order chi connectivity index (χ1) is 11.0. The molecule has 2 fully saturated rings. The van der Waals surface area contributed by atoms with E-state index in [1.165, 1.54) is 4.90 Å². The Hall–Kier alpha value is -2.08. The Morgan fingerprint density at radius 1 is 1.17 bits per heavy atom. The number of benzene rings is 1. The molecule has 2 aliphatic rings. The van der Waals surface area contributed by atoms with Crippen molar-refractivity contribution in [2.75, 3.05) is 19.6 Å². The summed E-state index contributed by atoms with van der Waals surface area (Å²) >= 11 is 5.84. The number of carbonyl (C=O) groups excluding carboxylic acids is 3. The zero-order valence-corrected chi connectivity index (χ0v) is 13.4. The molecule has 0 spiro atoms. The average Bonchev–Trinajstić information content (AvgIpc) is 2.88. The number of amides is 4. The number of imide groups is 1. The number of urea groups is 1.